The zero-order valence-electron chi connectivity index (χ0n) is 25.2. The number of esters is 1. The summed E-state index contributed by atoms with van der Waals surface area (Å²) in [5.41, 5.74) is 3.40. The summed E-state index contributed by atoms with van der Waals surface area (Å²) in [5.74, 6) is 1.40. The Bertz CT molecular complexity index is 1210. The number of hydrogen-bond acceptors (Lipinski definition) is 5. The van der Waals surface area contributed by atoms with Gasteiger partial charge >= 0.3 is 12.3 Å². The van der Waals surface area contributed by atoms with Crippen LogP contribution in [-0.2, 0) is 16.1 Å². The van der Waals surface area contributed by atoms with E-state index in [4.69, 9.17) is 14.5 Å². The zero-order chi connectivity index (χ0) is 30.4. The van der Waals surface area contributed by atoms with Gasteiger partial charge in [-0.2, -0.15) is 0 Å². The van der Waals surface area contributed by atoms with Crippen molar-refractivity contribution in [1.82, 2.24) is 0 Å². The summed E-state index contributed by atoms with van der Waals surface area (Å²) in [4.78, 5) is 17.6. The number of aryl methyl sites for hydroxylation is 1. The molecular formula is C32H43F3N2O4. The number of hydrogen-bond donors (Lipinski definition) is 1. The van der Waals surface area contributed by atoms with Crippen molar-refractivity contribution in [3.05, 3.63) is 53.1 Å². The first-order valence-electron chi connectivity index (χ1n) is 14.1. The van der Waals surface area contributed by atoms with Gasteiger partial charge in [0.15, 0.2) is 0 Å². The normalized spacial score (nSPS) is 19.9. The topological polar surface area (TPSA) is 69.2 Å². The number of nitrogens with one attached hydrogen (secondary N) is 1. The lowest BCUT2D eigenvalue weighted by molar-refractivity contribution is -0.274. The molecule has 1 N–H and O–H groups in total. The molecule has 0 spiro atoms. The number of carbonyl (C=O) groups excluding carboxylic acids is 1. The molecule has 0 heterocycles. The number of alkyl halides is 3. The van der Waals surface area contributed by atoms with E-state index in [9.17, 15) is 18.0 Å². The van der Waals surface area contributed by atoms with Gasteiger partial charge in [0.25, 0.3) is 0 Å². The molecule has 226 valence electrons. The number of benzene rings is 2. The van der Waals surface area contributed by atoms with Crippen LogP contribution in [0.15, 0.2) is 41.4 Å². The van der Waals surface area contributed by atoms with Crippen LogP contribution in [0.4, 0.5) is 24.5 Å². The Balaban J connectivity index is 2.01. The first-order chi connectivity index (χ1) is 19.2. The Morgan fingerprint density at radius 1 is 1.15 bits per heavy atom. The predicted octanol–water partition coefficient (Wildman–Crippen LogP) is 8.85. The third kappa shape index (κ3) is 9.48. The predicted molar refractivity (Wildman–Crippen MR) is 156 cm³/mol. The van der Waals surface area contributed by atoms with Crippen LogP contribution in [0.3, 0.4) is 0 Å². The minimum atomic E-state index is -4.76. The summed E-state index contributed by atoms with van der Waals surface area (Å²) in [5, 5.41) is 3.36. The van der Waals surface area contributed by atoms with Gasteiger partial charge in [-0.3, -0.25) is 0 Å². The SMILES string of the molecule is CCC(CC(=Nc1cc(C(=O)OC)c(COC)cc1C)Nc1ccc(OC(F)(F)F)cc1)C1CC(C)CC(C)(C)C1. The third-order valence-electron chi connectivity index (χ3n) is 7.83. The van der Waals surface area contributed by atoms with Crippen molar-refractivity contribution in [3.63, 3.8) is 0 Å². The standard InChI is InChI=1S/C32H43F3N2O4/c1-8-22(23-13-20(2)17-31(4,5)18-23)15-29(36-25-9-11-26(12-10-25)41-32(33,34)35)37-28-16-27(30(38)40-7)24(19-39-6)14-21(28)3/h9-12,14,16,20,22-23H,8,13,15,17-19H2,1-7H3,(H,36,37). The molecule has 0 aliphatic heterocycles. The molecule has 2 aromatic carbocycles. The van der Waals surface area contributed by atoms with E-state index < -0.39 is 12.3 Å². The van der Waals surface area contributed by atoms with Crippen LogP contribution in [0, 0.1) is 30.1 Å². The van der Waals surface area contributed by atoms with Crippen LogP contribution in [0.25, 0.3) is 0 Å². The molecule has 1 aliphatic carbocycles. The number of anilines is 1. The fourth-order valence-electron chi connectivity index (χ4n) is 6.30. The fraction of sp³-hybridized carbons (Fsp3) is 0.562. The number of halogens is 3. The van der Waals surface area contributed by atoms with Crippen LogP contribution in [0.5, 0.6) is 5.75 Å². The lowest BCUT2D eigenvalue weighted by atomic mass is 9.64. The van der Waals surface area contributed by atoms with Gasteiger partial charge in [0.1, 0.15) is 11.6 Å². The van der Waals surface area contributed by atoms with Crippen molar-refractivity contribution < 1.29 is 32.2 Å². The molecule has 0 bridgehead atoms. The molecule has 1 fully saturated rings. The average Bonchev–Trinajstić information content (AvgIpc) is 2.87. The Morgan fingerprint density at radius 3 is 2.39 bits per heavy atom. The smallest absolute Gasteiger partial charge is 0.465 e. The quantitative estimate of drug-likeness (QED) is 0.174. The maximum atomic E-state index is 12.7. The summed E-state index contributed by atoms with van der Waals surface area (Å²) in [7, 11) is 2.90. The fourth-order valence-corrected chi connectivity index (χ4v) is 6.30. The summed E-state index contributed by atoms with van der Waals surface area (Å²) in [6.07, 6.45) is 0.336. The second-order valence-corrected chi connectivity index (χ2v) is 12.0. The minimum absolute atomic E-state index is 0.250. The molecule has 3 atom stereocenters. The first kappa shape index (κ1) is 32.4. The van der Waals surface area contributed by atoms with Crippen LogP contribution in [-0.4, -0.2) is 32.4 Å². The number of aliphatic imine (C=N–C) groups is 1. The highest BCUT2D eigenvalue weighted by atomic mass is 19.4. The van der Waals surface area contributed by atoms with Gasteiger partial charge in [-0.05, 0) is 90.8 Å². The summed E-state index contributed by atoms with van der Waals surface area (Å²) in [6, 6.07) is 9.21. The van der Waals surface area contributed by atoms with Crippen LogP contribution < -0.4 is 10.1 Å². The molecule has 1 saturated carbocycles. The Hall–Kier alpha value is -3.07. The molecule has 3 rings (SSSR count). The lowest BCUT2D eigenvalue weighted by Gasteiger charge is -2.42. The highest BCUT2D eigenvalue weighted by molar-refractivity contribution is 5.98. The van der Waals surface area contributed by atoms with E-state index in [0.717, 1.165) is 24.8 Å². The van der Waals surface area contributed by atoms with Crippen LogP contribution in [0.2, 0.25) is 0 Å². The Labute approximate surface area is 241 Å². The lowest BCUT2D eigenvalue weighted by Crippen LogP contribution is -2.33. The molecule has 9 heteroatoms. The van der Waals surface area contributed by atoms with Gasteiger partial charge in [-0.15, -0.1) is 13.2 Å². The molecule has 1 aliphatic rings. The number of amidine groups is 1. The van der Waals surface area contributed by atoms with E-state index in [0.29, 0.717) is 52.5 Å². The number of nitrogens with zero attached hydrogens (tertiary/aromatic N) is 1. The van der Waals surface area contributed by atoms with Crippen LogP contribution in [0.1, 0.15) is 81.3 Å². The third-order valence-corrected chi connectivity index (χ3v) is 7.83. The number of methoxy groups -OCH3 is 2. The maximum Gasteiger partial charge on any atom is 0.573 e. The second kappa shape index (κ2) is 13.7. The van der Waals surface area contributed by atoms with Crippen molar-refractivity contribution in [3.8, 4) is 5.75 Å². The van der Waals surface area contributed by atoms with Gasteiger partial charge in [-0.1, -0.05) is 40.2 Å². The molecule has 41 heavy (non-hydrogen) atoms. The molecule has 0 amide bonds. The van der Waals surface area contributed by atoms with Crippen molar-refractivity contribution >= 4 is 23.2 Å². The van der Waals surface area contributed by atoms with Crippen molar-refractivity contribution in [2.75, 3.05) is 19.5 Å². The van der Waals surface area contributed by atoms with Crippen molar-refractivity contribution in [1.29, 1.82) is 0 Å². The molecule has 0 radical (unpaired) electrons. The van der Waals surface area contributed by atoms with E-state index in [1.165, 1.54) is 37.8 Å². The summed E-state index contributed by atoms with van der Waals surface area (Å²) >= 11 is 0. The van der Waals surface area contributed by atoms with E-state index in [1.807, 2.05) is 13.0 Å². The number of carbonyl (C=O) groups is 1. The van der Waals surface area contributed by atoms with Gasteiger partial charge in [0.2, 0.25) is 0 Å². The molecule has 0 saturated heterocycles. The Morgan fingerprint density at radius 2 is 1.83 bits per heavy atom. The molecule has 0 aromatic heterocycles. The van der Waals surface area contributed by atoms with Crippen molar-refractivity contribution in [2.45, 2.75) is 79.7 Å². The van der Waals surface area contributed by atoms with Gasteiger partial charge in [-0.25, -0.2) is 9.79 Å². The van der Waals surface area contributed by atoms with Crippen molar-refractivity contribution in [2.24, 2.45) is 28.2 Å². The highest BCUT2D eigenvalue weighted by Gasteiger charge is 2.36. The maximum absolute atomic E-state index is 12.7. The first-order valence-corrected chi connectivity index (χ1v) is 14.1. The van der Waals surface area contributed by atoms with E-state index in [-0.39, 0.29) is 17.8 Å². The largest absolute Gasteiger partial charge is 0.573 e. The molecule has 2 aromatic rings. The monoisotopic (exact) mass is 576 g/mol. The molecule has 6 nitrogen and oxygen atoms in total. The van der Waals surface area contributed by atoms with Gasteiger partial charge in [0.05, 0.1) is 25.0 Å². The second-order valence-electron chi connectivity index (χ2n) is 12.0. The minimum Gasteiger partial charge on any atom is -0.465 e. The van der Waals surface area contributed by atoms with E-state index >= 15 is 0 Å². The molecular weight excluding hydrogens is 533 g/mol. The Kier molecular flexibility index (Phi) is 10.9. The summed E-state index contributed by atoms with van der Waals surface area (Å²) < 4.78 is 52.3. The number of ether oxygens (including phenoxy) is 3. The van der Waals surface area contributed by atoms with E-state index in [1.54, 1.807) is 13.2 Å². The highest BCUT2D eigenvalue weighted by Crippen LogP contribution is 2.46. The number of rotatable bonds is 10. The zero-order valence-corrected chi connectivity index (χ0v) is 25.2. The van der Waals surface area contributed by atoms with Crippen LogP contribution >= 0.6 is 0 Å². The molecule has 3 unspecified atom stereocenters. The van der Waals surface area contributed by atoms with E-state index in [2.05, 4.69) is 37.7 Å². The van der Waals surface area contributed by atoms with Gasteiger partial charge in [0, 0.05) is 19.2 Å². The summed E-state index contributed by atoms with van der Waals surface area (Å²) in [6.45, 7) is 11.3. The average molecular weight is 577 g/mol. The van der Waals surface area contributed by atoms with Gasteiger partial charge < -0.3 is 19.5 Å².